The minimum atomic E-state index is -3.31. The molecule has 25 heavy (non-hydrogen) atoms. The molecular formula is C16H25N3O4S2. The van der Waals surface area contributed by atoms with Crippen molar-refractivity contribution in [1.82, 2.24) is 14.1 Å². The van der Waals surface area contributed by atoms with Gasteiger partial charge in [0.1, 0.15) is 0 Å². The van der Waals surface area contributed by atoms with E-state index < -0.39 is 10.0 Å². The smallest absolute Gasteiger partial charge is 0.263 e. The van der Waals surface area contributed by atoms with Crippen molar-refractivity contribution in [2.24, 2.45) is 0 Å². The zero-order valence-corrected chi connectivity index (χ0v) is 16.1. The molecule has 2 saturated heterocycles. The Bertz CT molecular complexity index is 672. The molecule has 0 bridgehead atoms. The summed E-state index contributed by atoms with van der Waals surface area (Å²) in [6.07, 6.45) is 1.95. The fourth-order valence-corrected chi connectivity index (χ4v) is 5.22. The first-order chi connectivity index (χ1) is 11.9. The molecule has 1 unspecified atom stereocenters. The lowest BCUT2D eigenvalue weighted by atomic mass is 10.2. The average molecular weight is 388 g/mol. The van der Waals surface area contributed by atoms with Gasteiger partial charge in [0.2, 0.25) is 10.0 Å². The van der Waals surface area contributed by atoms with Gasteiger partial charge in [-0.3, -0.25) is 9.69 Å². The van der Waals surface area contributed by atoms with Crippen molar-refractivity contribution in [2.75, 3.05) is 58.7 Å². The number of morpholine rings is 1. The second kappa shape index (κ2) is 8.13. The third-order valence-electron chi connectivity index (χ3n) is 4.76. The second-order valence-electron chi connectivity index (χ2n) is 6.50. The molecule has 0 N–H and O–H groups in total. The number of hydrogen-bond acceptors (Lipinski definition) is 6. The molecule has 0 spiro atoms. The van der Waals surface area contributed by atoms with E-state index in [2.05, 4.69) is 4.90 Å². The van der Waals surface area contributed by atoms with Gasteiger partial charge in [-0.2, -0.15) is 4.31 Å². The Kier molecular flexibility index (Phi) is 6.11. The van der Waals surface area contributed by atoms with E-state index in [4.69, 9.17) is 4.74 Å². The largest absolute Gasteiger partial charge is 0.379 e. The third-order valence-corrected chi connectivity index (χ3v) is 6.95. The van der Waals surface area contributed by atoms with E-state index in [-0.39, 0.29) is 11.9 Å². The molecule has 1 amide bonds. The van der Waals surface area contributed by atoms with Crippen molar-refractivity contribution in [3.63, 3.8) is 0 Å². The molecule has 0 saturated carbocycles. The highest BCUT2D eigenvalue weighted by molar-refractivity contribution is 7.88. The molecule has 3 rings (SSSR count). The fourth-order valence-electron chi connectivity index (χ4n) is 3.40. The van der Waals surface area contributed by atoms with Gasteiger partial charge < -0.3 is 9.64 Å². The van der Waals surface area contributed by atoms with Crippen LogP contribution in [0.3, 0.4) is 0 Å². The molecule has 0 aliphatic carbocycles. The van der Waals surface area contributed by atoms with Gasteiger partial charge in [0.15, 0.2) is 0 Å². The second-order valence-corrected chi connectivity index (χ2v) is 9.38. The third kappa shape index (κ3) is 4.79. The Labute approximate surface area is 153 Å². The lowest BCUT2D eigenvalue weighted by Crippen LogP contribution is -2.47. The summed E-state index contributed by atoms with van der Waals surface area (Å²) in [5, 5.41) is 1.88. The summed E-state index contributed by atoms with van der Waals surface area (Å²) in [4.78, 5) is 17.2. The summed E-state index contributed by atoms with van der Waals surface area (Å²) in [5.41, 5.74) is 0. The number of carbonyl (C=O) groups excluding carboxylic acids is 1. The van der Waals surface area contributed by atoms with E-state index in [1.807, 2.05) is 17.5 Å². The number of nitrogens with zero attached hydrogens (tertiary/aromatic N) is 3. The maximum Gasteiger partial charge on any atom is 0.263 e. The quantitative estimate of drug-likeness (QED) is 0.713. The van der Waals surface area contributed by atoms with Crippen LogP contribution in [0.1, 0.15) is 16.1 Å². The molecule has 2 aliphatic heterocycles. The van der Waals surface area contributed by atoms with Gasteiger partial charge in [-0.05, 0) is 17.9 Å². The lowest BCUT2D eigenvalue weighted by molar-refractivity contribution is 0.0353. The van der Waals surface area contributed by atoms with Gasteiger partial charge >= 0.3 is 0 Å². The van der Waals surface area contributed by atoms with Crippen molar-refractivity contribution in [2.45, 2.75) is 12.5 Å². The summed E-state index contributed by atoms with van der Waals surface area (Å²) in [7, 11) is -3.31. The number of amides is 1. The minimum absolute atomic E-state index is 0.000805. The molecule has 2 fully saturated rings. The van der Waals surface area contributed by atoms with Crippen LogP contribution in [-0.2, 0) is 14.8 Å². The zero-order chi connectivity index (χ0) is 17.9. The predicted molar refractivity (Wildman–Crippen MR) is 97.4 cm³/mol. The highest BCUT2D eigenvalue weighted by Crippen LogP contribution is 2.22. The van der Waals surface area contributed by atoms with Crippen LogP contribution in [0.25, 0.3) is 0 Å². The molecule has 2 aliphatic rings. The number of thiophene rings is 1. The number of rotatable bonds is 6. The van der Waals surface area contributed by atoms with E-state index >= 15 is 0 Å². The molecule has 3 heterocycles. The van der Waals surface area contributed by atoms with E-state index in [1.165, 1.54) is 17.6 Å². The molecule has 1 aromatic heterocycles. The molecule has 0 radical (unpaired) electrons. The predicted octanol–water partition coefficient (Wildman–Crippen LogP) is 0.556. The first-order valence-electron chi connectivity index (χ1n) is 8.55. The van der Waals surface area contributed by atoms with Crippen molar-refractivity contribution >= 4 is 27.3 Å². The average Bonchev–Trinajstić information content (AvgIpc) is 3.26. The number of hydrogen-bond donors (Lipinski definition) is 0. The van der Waals surface area contributed by atoms with E-state index in [9.17, 15) is 13.2 Å². The summed E-state index contributed by atoms with van der Waals surface area (Å²) >= 11 is 1.42. The number of likely N-dealkylation sites (tertiary alicyclic amines) is 1. The Hall–Kier alpha value is -1.00. The first kappa shape index (κ1) is 18.8. The molecule has 7 nitrogen and oxygen atoms in total. The number of carbonyl (C=O) groups is 1. The molecular weight excluding hydrogens is 362 g/mol. The highest BCUT2D eigenvalue weighted by Gasteiger charge is 2.35. The van der Waals surface area contributed by atoms with Crippen LogP contribution in [-0.4, -0.2) is 93.2 Å². The van der Waals surface area contributed by atoms with Crippen LogP contribution >= 0.6 is 11.3 Å². The van der Waals surface area contributed by atoms with Crippen molar-refractivity contribution in [3.05, 3.63) is 22.4 Å². The fraction of sp³-hybridized carbons (Fsp3) is 0.688. The normalized spacial score (nSPS) is 22.6. The summed E-state index contributed by atoms with van der Waals surface area (Å²) in [6, 6.07) is 3.53. The Morgan fingerprint density at radius 3 is 2.76 bits per heavy atom. The molecule has 9 heteroatoms. The van der Waals surface area contributed by atoms with Crippen molar-refractivity contribution in [3.8, 4) is 0 Å². The minimum Gasteiger partial charge on any atom is -0.379 e. The van der Waals surface area contributed by atoms with E-state index in [0.29, 0.717) is 50.7 Å². The van der Waals surface area contributed by atoms with Gasteiger partial charge in [-0.1, -0.05) is 6.07 Å². The van der Waals surface area contributed by atoms with Crippen LogP contribution in [0.15, 0.2) is 17.5 Å². The Balaban J connectivity index is 1.61. The maximum atomic E-state index is 12.5. The van der Waals surface area contributed by atoms with Crippen molar-refractivity contribution in [1.29, 1.82) is 0 Å². The molecule has 140 valence electrons. The van der Waals surface area contributed by atoms with Gasteiger partial charge in [0, 0.05) is 45.3 Å². The molecule has 1 aromatic rings. The van der Waals surface area contributed by atoms with Gasteiger partial charge in [0.25, 0.3) is 5.91 Å². The number of ether oxygens (including phenoxy) is 1. The zero-order valence-electron chi connectivity index (χ0n) is 14.5. The summed E-state index contributed by atoms with van der Waals surface area (Å²) in [5.74, 6) is -0.000805. The standard InChI is InChI=1S/C16H25N3O4S2/c1-25(21,22)19(7-6-17-8-10-23-11-9-17)14-4-5-18(13-14)16(20)15-3-2-12-24-15/h2-3,12,14H,4-11,13H2,1H3. The van der Waals surface area contributed by atoms with Gasteiger partial charge in [-0.25, -0.2) is 8.42 Å². The monoisotopic (exact) mass is 387 g/mol. The molecule has 1 atom stereocenters. The first-order valence-corrected chi connectivity index (χ1v) is 11.3. The maximum absolute atomic E-state index is 12.5. The van der Waals surface area contributed by atoms with Gasteiger partial charge in [-0.15, -0.1) is 11.3 Å². The summed E-state index contributed by atoms with van der Waals surface area (Å²) < 4.78 is 31.5. The van der Waals surface area contributed by atoms with Crippen LogP contribution in [0.5, 0.6) is 0 Å². The summed E-state index contributed by atoms with van der Waals surface area (Å²) in [6.45, 7) is 5.31. The van der Waals surface area contributed by atoms with E-state index in [0.717, 1.165) is 13.1 Å². The van der Waals surface area contributed by atoms with Crippen LogP contribution in [0.4, 0.5) is 0 Å². The van der Waals surface area contributed by atoms with Crippen LogP contribution in [0, 0.1) is 0 Å². The Morgan fingerprint density at radius 1 is 1.36 bits per heavy atom. The topological polar surface area (TPSA) is 70.2 Å². The SMILES string of the molecule is CS(=O)(=O)N(CCN1CCOCC1)C1CCN(C(=O)c2cccs2)C1. The lowest BCUT2D eigenvalue weighted by Gasteiger charge is -2.31. The van der Waals surface area contributed by atoms with Crippen LogP contribution in [0.2, 0.25) is 0 Å². The van der Waals surface area contributed by atoms with Crippen LogP contribution < -0.4 is 0 Å². The number of sulfonamides is 1. The Morgan fingerprint density at radius 2 is 2.12 bits per heavy atom. The van der Waals surface area contributed by atoms with E-state index in [1.54, 1.807) is 9.21 Å². The van der Waals surface area contributed by atoms with Gasteiger partial charge in [0.05, 0.1) is 24.3 Å². The van der Waals surface area contributed by atoms with Crippen molar-refractivity contribution < 1.29 is 17.9 Å². The highest BCUT2D eigenvalue weighted by atomic mass is 32.2. The molecule has 0 aromatic carbocycles.